The van der Waals surface area contributed by atoms with E-state index in [1.807, 2.05) is 0 Å². The van der Waals surface area contributed by atoms with Crippen LogP contribution in [0.4, 0.5) is 5.95 Å². The van der Waals surface area contributed by atoms with Gasteiger partial charge in [-0.15, -0.1) is 0 Å². The number of rotatable bonds is 7. The lowest BCUT2D eigenvalue weighted by Gasteiger charge is -2.09. The highest BCUT2D eigenvalue weighted by atomic mass is 16.4. The first kappa shape index (κ1) is 13.4. The normalized spacial score (nSPS) is 12.1. The number of anilines is 1. The number of nitrogens with one attached hydrogen (secondary N) is 1. The molecule has 0 saturated carbocycles. The maximum absolute atomic E-state index is 10.5. The fourth-order valence-corrected chi connectivity index (χ4v) is 1.30. The zero-order valence-electron chi connectivity index (χ0n) is 9.89. The van der Waals surface area contributed by atoms with Gasteiger partial charge in [0.25, 0.3) is 0 Å². The Morgan fingerprint density at radius 3 is 2.71 bits per heavy atom. The Labute approximate surface area is 100 Å². The third-order valence-electron chi connectivity index (χ3n) is 2.31. The Bertz CT molecular complexity index is 353. The van der Waals surface area contributed by atoms with E-state index >= 15 is 0 Å². The molecule has 0 aliphatic rings. The van der Waals surface area contributed by atoms with E-state index in [0.717, 1.165) is 19.4 Å². The molecule has 0 aliphatic heterocycles. The molecule has 1 aromatic rings. The third-order valence-corrected chi connectivity index (χ3v) is 2.31. The second-order valence-corrected chi connectivity index (χ2v) is 3.82. The van der Waals surface area contributed by atoms with Crippen LogP contribution in [-0.2, 0) is 4.79 Å². The maximum Gasteiger partial charge on any atom is 0.305 e. The molecular formula is C11H18N4O2. The first-order chi connectivity index (χ1) is 8.13. The summed E-state index contributed by atoms with van der Waals surface area (Å²) in [5.74, 6) is -0.382. The summed E-state index contributed by atoms with van der Waals surface area (Å²) in [5.41, 5.74) is 6.32. The van der Waals surface area contributed by atoms with Crippen molar-refractivity contribution in [2.45, 2.75) is 32.2 Å². The van der Waals surface area contributed by atoms with Crippen molar-refractivity contribution < 1.29 is 9.90 Å². The number of hydrogen-bond donors (Lipinski definition) is 3. The van der Waals surface area contributed by atoms with Crippen molar-refractivity contribution in [3.63, 3.8) is 0 Å². The second kappa shape index (κ2) is 6.80. The van der Waals surface area contributed by atoms with Crippen molar-refractivity contribution in [2.24, 2.45) is 5.73 Å². The van der Waals surface area contributed by atoms with Gasteiger partial charge in [0.1, 0.15) is 0 Å². The maximum atomic E-state index is 10.5. The Balaban J connectivity index is 2.52. The van der Waals surface area contributed by atoms with Gasteiger partial charge in [-0.3, -0.25) is 4.79 Å². The molecule has 0 saturated heterocycles. The zero-order valence-corrected chi connectivity index (χ0v) is 9.89. The van der Waals surface area contributed by atoms with Gasteiger partial charge in [0.05, 0.1) is 6.42 Å². The van der Waals surface area contributed by atoms with Crippen LogP contribution in [0.15, 0.2) is 12.4 Å². The number of carboxylic acid groups (broad SMARTS) is 1. The standard InChI is InChI=1S/C11H18N4O2/c1-2-3-4-13-11-14-6-8(7-15-11)9(12)5-10(16)17/h6-7,9H,2-5,12H2,1H3,(H,16,17)(H,13,14,15)/t9-/m0/s1. The topological polar surface area (TPSA) is 101 Å². The van der Waals surface area contributed by atoms with Crippen molar-refractivity contribution in [1.82, 2.24) is 9.97 Å². The quantitative estimate of drug-likeness (QED) is 0.616. The molecule has 0 spiro atoms. The highest BCUT2D eigenvalue weighted by Gasteiger charge is 2.11. The number of hydrogen-bond acceptors (Lipinski definition) is 5. The molecule has 1 atom stereocenters. The van der Waals surface area contributed by atoms with Gasteiger partial charge < -0.3 is 16.2 Å². The fraction of sp³-hybridized carbons (Fsp3) is 0.545. The highest BCUT2D eigenvalue weighted by molar-refractivity contribution is 5.67. The predicted molar refractivity (Wildman–Crippen MR) is 64.6 cm³/mol. The van der Waals surface area contributed by atoms with Gasteiger partial charge in [-0.05, 0) is 6.42 Å². The van der Waals surface area contributed by atoms with Crippen LogP contribution in [0.1, 0.15) is 37.8 Å². The van der Waals surface area contributed by atoms with Crippen molar-refractivity contribution >= 4 is 11.9 Å². The monoisotopic (exact) mass is 238 g/mol. The lowest BCUT2D eigenvalue weighted by atomic mass is 10.1. The van der Waals surface area contributed by atoms with E-state index in [0.29, 0.717) is 11.5 Å². The number of carboxylic acids is 1. The van der Waals surface area contributed by atoms with Crippen LogP contribution in [0.3, 0.4) is 0 Å². The van der Waals surface area contributed by atoms with Crippen LogP contribution in [0.25, 0.3) is 0 Å². The van der Waals surface area contributed by atoms with E-state index < -0.39 is 12.0 Å². The van der Waals surface area contributed by atoms with Gasteiger partial charge in [-0.2, -0.15) is 0 Å². The average molecular weight is 238 g/mol. The number of carbonyl (C=O) groups is 1. The molecule has 0 aromatic carbocycles. The Kier molecular flexibility index (Phi) is 5.35. The van der Waals surface area contributed by atoms with Crippen LogP contribution >= 0.6 is 0 Å². The molecule has 6 nitrogen and oxygen atoms in total. The molecule has 0 radical (unpaired) electrons. The van der Waals surface area contributed by atoms with Gasteiger partial charge in [0.15, 0.2) is 0 Å². The van der Waals surface area contributed by atoms with Gasteiger partial charge in [0.2, 0.25) is 5.95 Å². The molecule has 1 aromatic heterocycles. The lowest BCUT2D eigenvalue weighted by Crippen LogP contribution is -2.16. The molecule has 4 N–H and O–H groups in total. The molecule has 1 rings (SSSR count). The summed E-state index contributed by atoms with van der Waals surface area (Å²) in [4.78, 5) is 18.7. The first-order valence-electron chi connectivity index (χ1n) is 5.66. The van der Waals surface area contributed by atoms with E-state index in [9.17, 15) is 4.79 Å². The van der Waals surface area contributed by atoms with Crippen LogP contribution < -0.4 is 11.1 Å². The average Bonchev–Trinajstić information content (AvgIpc) is 2.29. The van der Waals surface area contributed by atoms with Crippen molar-refractivity contribution in [3.8, 4) is 0 Å². The van der Waals surface area contributed by atoms with E-state index in [-0.39, 0.29) is 6.42 Å². The number of aromatic nitrogens is 2. The Morgan fingerprint density at radius 1 is 1.53 bits per heavy atom. The molecule has 0 aliphatic carbocycles. The van der Waals surface area contributed by atoms with E-state index in [2.05, 4.69) is 22.2 Å². The summed E-state index contributed by atoms with van der Waals surface area (Å²) in [6.07, 6.45) is 5.17. The van der Waals surface area contributed by atoms with Crippen LogP contribution in [0.5, 0.6) is 0 Å². The van der Waals surface area contributed by atoms with Gasteiger partial charge in [-0.25, -0.2) is 9.97 Å². The van der Waals surface area contributed by atoms with E-state index in [1.165, 1.54) is 0 Å². The molecule has 6 heteroatoms. The van der Waals surface area contributed by atoms with E-state index in [1.54, 1.807) is 12.4 Å². The number of aliphatic carboxylic acids is 1. The smallest absolute Gasteiger partial charge is 0.305 e. The van der Waals surface area contributed by atoms with Gasteiger partial charge in [-0.1, -0.05) is 13.3 Å². The van der Waals surface area contributed by atoms with Gasteiger partial charge in [0, 0.05) is 30.5 Å². The molecule has 17 heavy (non-hydrogen) atoms. The fourth-order valence-electron chi connectivity index (χ4n) is 1.30. The second-order valence-electron chi connectivity index (χ2n) is 3.82. The number of unbranched alkanes of at least 4 members (excludes halogenated alkanes) is 1. The Morgan fingerprint density at radius 2 is 2.18 bits per heavy atom. The SMILES string of the molecule is CCCCNc1ncc([C@@H](N)CC(=O)O)cn1. The highest BCUT2D eigenvalue weighted by Crippen LogP contribution is 2.12. The molecule has 0 amide bonds. The summed E-state index contributed by atoms with van der Waals surface area (Å²) in [6.45, 7) is 2.94. The molecule has 0 fully saturated rings. The van der Waals surface area contributed by atoms with Crippen molar-refractivity contribution in [2.75, 3.05) is 11.9 Å². The zero-order chi connectivity index (χ0) is 12.7. The molecule has 0 bridgehead atoms. The minimum Gasteiger partial charge on any atom is -0.481 e. The van der Waals surface area contributed by atoms with Gasteiger partial charge >= 0.3 is 5.97 Å². The summed E-state index contributed by atoms with van der Waals surface area (Å²) in [5, 5.41) is 11.7. The van der Waals surface area contributed by atoms with Crippen molar-refractivity contribution in [3.05, 3.63) is 18.0 Å². The molecular weight excluding hydrogens is 220 g/mol. The minimum atomic E-state index is -0.928. The number of nitrogens with zero attached hydrogens (tertiary/aromatic N) is 2. The predicted octanol–water partition coefficient (Wildman–Crippen LogP) is 1.16. The van der Waals surface area contributed by atoms with Crippen molar-refractivity contribution in [1.29, 1.82) is 0 Å². The minimum absolute atomic E-state index is 0.119. The summed E-state index contributed by atoms with van der Waals surface area (Å²) >= 11 is 0. The van der Waals surface area contributed by atoms with Crippen LogP contribution in [0.2, 0.25) is 0 Å². The molecule has 1 heterocycles. The van der Waals surface area contributed by atoms with E-state index in [4.69, 9.17) is 10.8 Å². The summed E-state index contributed by atoms with van der Waals surface area (Å²) < 4.78 is 0. The summed E-state index contributed by atoms with van der Waals surface area (Å²) in [7, 11) is 0. The molecule has 0 unspecified atom stereocenters. The Hall–Kier alpha value is -1.69. The van der Waals surface area contributed by atoms with Crippen LogP contribution in [-0.4, -0.2) is 27.6 Å². The molecule has 94 valence electrons. The third kappa shape index (κ3) is 4.78. The lowest BCUT2D eigenvalue weighted by molar-refractivity contribution is -0.137. The largest absolute Gasteiger partial charge is 0.481 e. The number of nitrogens with two attached hydrogens (primary N) is 1. The first-order valence-corrected chi connectivity index (χ1v) is 5.66. The van der Waals surface area contributed by atoms with Crippen LogP contribution in [0, 0.1) is 0 Å². The summed E-state index contributed by atoms with van der Waals surface area (Å²) in [6, 6.07) is -0.558.